The number of aliphatic hydroxyl groups excluding tert-OH is 6. The van der Waals surface area contributed by atoms with Gasteiger partial charge in [-0.25, -0.2) is 0 Å². The number of hydrogen-bond donors (Lipinski definition) is 9. The van der Waals surface area contributed by atoms with E-state index in [0.29, 0.717) is 19.4 Å². The van der Waals surface area contributed by atoms with Crippen molar-refractivity contribution in [2.45, 2.75) is 133 Å². The van der Waals surface area contributed by atoms with Crippen molar-refractivity contribution < 1.29 is 68.8 Å². The molecule has 48 heavy (non-hydrogen) atoms. The molecule has 3 saturated heterocycles. The molecule has 276 valence electrons. The van der Waals surface area contributed by atoms with Crippen molar-refractivity contribution >= 4 is 23.6 Å². The molecule has 0 spiro atoms. The number of nitrogens with one attached hydrogen (secondary N) is 3. The fourth-order valence-corrected chi connectivity index (χ4v) is 5.89. The van der Waals surface area contributed by atoms with Gasteiger partial charge in [0.05, 0.1) is 25.4 Å². The molecule has 4 amide bonds. The molecular weight excluding hydrogens is 640 g/mol. The zero-order chi connectivity index (χ0) is 35.5. The van der Waals surface area contributed by atoms with Crippen LogP contribution in [0.3, 0.4) is 0 Å². The van der Waals surface area contributed by atoms with Gasteiger partial charge >= 0.3 is 0 Å². The summed E-state index contributed by atoms with van der Waals surface area (Å²) in [5.41, 5.74) is 0. The van der Waals surface area contributed by atoms with Gasteiger partial charge in [-0.1, -0.05) is 0 Å². The van der Waals surface area contributed by atoms with Gasteiger partial charge in [-0.15, -0.1) is 0 Å². The number of carbonyl (C=O) groups is 4. The first-order valence-electron chi connectivity index (χ1n) is 16.5. The molecule has 9 N–H and O–H groups in total. The van der Waals surface area contributed by atoms with E-state index in [2.05, 4.69) is 16.0 Å². The van der Waals surface area contributed by atoms with Crippen molar-refractivity contribution in [3.05, 3.63) is 0 Å². The summed E-state index contributed by atoms with van der Waals surface area (Å²) in [5, 5.41) is 67.8. The molecule has 3 rings (SSSR count). The molecule has 0 aromatic rings. The summed E-state index contributed by atoms with van der Waals surface area (Å²) in [5.74, 6) is -1.63. The Kier molecular flexibility index (Phi) is 15.8. The second-order valence-corrected chi connectivity index (χ2v) is 12.3. The zero-order valence-corrected chi connectivity index (χ0v) is 27.6. The first kappa shape index (κ1) is 39.9. The lowest BCUT2D eigenvalue weighted by Gasteiger charge is -2.39. The fraction of sp³-hybridized carbons (Fsp3) is 0.867. The molecule has 0 aliphatic carbocycles. The van der Waals surface area contributed by atoms with Crippen molar-refractivity contribution in [1.82, 2.24) is 20.9 Å². The van der Waals surface area contributed by atoms with Gasteiger partial charge < -0.3 is 70.4 Å². The van der Waals surface area contributed by atoms with Crippen LogP contribution in [0.25, 0.3) is 0 Å². The molecule has 0 aromatic carbocycles. The van der Waals surface area contributed by atoms with Gasteiger partial charge in [-0.05, 0) is 46.5 Å². The molecule has 3 fully saturated rings. The van der Waals surface area contributed by atoms with E-state index in [1.165, 1.54) is 18.7 Å². The van der Waals surface area contributed by atoms with E-state index in [-0.39, 0.29) is 57.9 Å². The summed E-state index contributed by atoms with van der Waals surface area (Å²) in [6.45, 7) is 4.98. The number of carbonyl (C=O) groups excluding carboxylic acids is 4. The maximum absolute atomic E-state index is 13.4. The molecule has 3 aliphatic rings. The van der Waals surface area contributed by atoms with Crippen LogP contribution in [0.1, 0.15) is 59.3 Å². The SMILES string of the molecule is CCNC(=O)CCCCC(=O)N1[C@H](C(=O)NCCO[C@@H]2O[C@@H](C)[C@@H](O)[C@@H](O)[C@@H]2O)CC[C@H]1C(=O)NCCO[C@@H]1O[C@@H](C)[C@@H](O)[C@@H](O)[C@@H]1O. The third-order valence-corrected chi connectivity index (χ3v) is 8.68. The van der Waals surface area contributed by atoms with Crippen LogP contribution in [-0.2, 0) is 38.1 Å². The van der Waals surface area contributed by atoms with Crippen molar-refractivity contribution in [2.75, 3.05) is 32.8 Å². The zero-order valence-electron chi connectivity index (χ0n) is 27.6. The molecular formula is C30H52N4O14. The van der Waals surface area contributed by atoms with E-state index in [1.54, 1.807) is 6.92 Å². The molecule has 18 heteroatoms. The number of unbranched alkanes of at least 4 members (excludes halogenated alkanes) is 1. The third-order valence-electron chi connectivity index (χ3n) is 8.68. The summed E-state index contributed by atoms with van der Waals surface area (Å²) in [6, 6.07) is -1.94. The van der Waals surface area contributed by atoms with Gasteiger partial charge in [0.25, 0.3) is 0 Å². The number of ether oxygens (including phenoxy) is 4. The Morgan fingerprint density at radius 2 is 1.10 bits per heavy atom. The number of hydrogen-bond acceptors (Lipinski definition) is 14. The predicted octanol–water partition coefficient (Wildman–Crippen LogP) is -4.04. The van der Waals surface area contributed by atoms with Crippen LogP contribution >= 0.6 is 0 Å². The fourth-order valence-electron chi connectivity index (χ4n) is 5.89. The van der Waals surface area contributed by atoms with E-state index in [0.717, 1.165) is 0 Å². The monoisotopic (exact) mass is 692 g/mol. The smallest absolute Gasteiger partial charge is 0.242 e. The average Bonchev–Trinajstić information content (AvgIpc) is 3.51. The topological polar surface area (TPSA) is 266 Å². The molecule has 3 aliphatic heterocycles. The maximum Gasteiger partial charge on any atom is 0.242 e. The van der Waals surface area contributed by atoms with Gasteiger partial charge in [0.2, 0.25) is 23.6 Å². The van der Waals surface area contributed by atoms with Crippen LogP contribution in [0.5, 0.6) is 0 Å². The number of aliphatic hydroxyl groups is 6. The maximum atomic E-state index is 13.4. The van der Waals surface area contributed by atoms with Gasteiger partial charge in [0, 0.05) is 32.5 Å². The second-order valence-electron chi connectivity index (χ2n) is 12.3. The van der Waals surface area contributed by atoms with Crippen LogP contribution in [-0.4, -0.2) is 166 Å². The van der Waals surface area contributed by atoms with E-state index < -0.39 is 91.2 Å². The van der Waals surface area contributed by atoms with E-state index in [9.17, 15) is 49.8 Å². The number of nitrogens with zero attached hydrogens (tertiary/aromatic N) is 1. The molecule has 12 atom stereocenters. The summed E-state index contributed by atoms with van der Waals surface area (Å²) < 4.78 is 21.7. The summed E-state index contributed by atoms with van der Waals surface area (Å²) in [4.78, 5) is 52.9. The normalized spacial score (nSPS) is 35.2. The predicted molar refractivity (Wildman–Crippen MR) is 163 cm³/mol. The highest BCUT2D eigenvalue weighted by Gasteiger charge is 2.45. The van der Waals surface area contributed by atoms with Crippen molar-refractivity contribution in [2.24, 2.45) is 0 Å². The Balaban J connectivity index is 1.54. The van der Waals surface area contributed by atoms with Crippen LogP contribution in [0.15, 0.2) is 0 Å². The quantitative estimate of drug-likeness (QED) is 0.0698. The van der Waals surface area contributed by atoms with Crippen LogP contribution in [0, 0.1) is 0 Å². The Bertz CT molecular complexity index is 1010. The first-order chi connectivity index (χ1) is 22.8. The molecule has 0 unspecified atom stereocenters. The highest BCUT2D eigenvalue weighted by molar-refractivity contribution is 5.94. The summed E-state index contributed by atoms with van der Waals surface area (Å²) in [7, 11) is 0. The van der Waals surface area contributed by atoms with Crippen LogP contribution in [0.2, 0.25) is 0 Å². The first-order valence-corrected chi connectivity index (χ1v) is 16.5. The molecule has 0 saturated carbocycles. The van der Waals surface area contributed by atoms with E-state index >= 15 is 0 Å². The molecule has 0 aromatic heterocycles. The van der Waals surface area contributed by atoms with Gasteiger partial charge in [0.1, 0.15) is 48.7 Å². The highest BCUT2D eigenvalue weighted by Crippen LogP contribution is 2.27. The van der Waals surface area contributed by atoms with E-state index in [1.807, 2.05) is 0 Å². The van der Waals surface area contributed by atoms with Crippen molar-refractivity contribution in [1.29, 1.82) is 0 Å². The van der Waals surface area contributed by atoms with Crippen LogP contribution in [0.4, 0.5) is 0 Å². The second kappa shape index (κ2) is 19.0. The Morgan fingerprint density at radius 1 is 0.667 bits per heavy atom. The third kappa shape index (κ3) is 10.5. The van der Waals surface area contributed by atoms with Crippen molar-refractivity contribution in [3.63, 3.8) is 0 Å². The molecule has 0 bridgehead atoms. The Hall–Kier alpha value is -2.52. The number of amides is 4. The summed E-state index contributed by atoms with van der Waals surface area (Å²) >= 11 is 0. The minimum Gasteiger partial charge on any atom is -0.388 e. The van der Waals surface area contributed by atoms with Crippen molar-refractivity contribution in [3.8, 4) is 0 Å². The number of rotatable bonds is 16. The lowest BCUT2D eigenvalue weighted by Crippen LogP contribution is -2.57. The summed E-state index contributed by atoms with van der Waals surface area (Å²) in [6.07, 6.45) is -11.2. The lowest BCUT2D eigenvalue weighted by atomic mass is 10.0. The minimum atomic E-state index is -1.50. The molecule has 3 heterocycles. The average molecular weight is 693 g/mol. The van der Waals surface area contributed by atoms with Gasteiger partial charge in [0.15, 0.2) is 12.6 Å². The molecule has 0 radical (unpaired) electrons. The minimum absolute atomic E-state index is 0.00568. The van der Waals surface area contributed by atoms with E-state index in [4.69, 9.17) is 18.9 Å². The standard InChI is InChI=1S/C30H52N4O14/c1-4-31-19(35)7-5-6-8-20(36)34-17(27(43)32-11-13-45-29-25(41)23(39)21(37)15(2)47-29)9-10-18(34)28(44)33-12-14-46-30-26(42)24(40)22(38)16(3)48-30/h15-18,21-26,29-30,37-42H,4-14H2,1-3H3,(H,31,35)(H,32,43)(H,33,44)/t15-,16-,17-,18-,21+,22+,23+,24+,25-,26-,29+,30+/m0/s1. The molecule has 18 nitrogen and oxygen atoms in total. The van der Waals surface area contributed by atoms with Gasteiger partial charge in [-0.2, -0.15) is 0 Å². The Labute approximate surface area is 279 Å². The largest absolute Gasteiger partial charge is 0.388 e. The lowest BCUT2D eigenvalue weighted by molar-refractivity contribution is -0.292. The number of likely N-dealkylation sites (tertiary alicyclic amines) is 1. The van der Waals surface area contributed by atoms with Gasteiger partial charge in [-0.3, -0.25) is 19.2 Å². The highest BCUT2D eigenvalue weighted by atomic mass is 16.7. The Morgan fingerprint density at radius 3 is 1.54 bits per heavy atom. The van der Waals surface area contributed by atoms with Crippen LogP contribution < -0.4 is 16.0 Å².